The molecule has 162 valence electrons. The summed E-state index contributed by atoms with van der Waals surface area (Å²) in [5, 5.41) is 13.9. The van der Waals surface area contributed by atoms with Gasteiger partial charge in [0.05, 0.1) is 24.3 Å². The minimum atomic E-state index is -0.559. The number of thioether (sulfide) groups is 1. The van der Waals surface area contributed by atoms with E-state index in [1.807, 2.05) is 0 Å². The Hall–Kier alpha value is -3.11. The lowest BCUT2D eigenvalue weighted by atomic mass is 10.3. The molecule has 3 rings (SSSR count). The summed E-state index contributed by atoms with van der Waals surface area (Å²) in [6.07, 6.45) is 0.0154. The topological polar surface area (TPSA) is 98.1 Å². The van der Waals surface area contributed by atoms with E-state index in [9.17, 15) is 14.0 Å². The molecular weight excluding hydrogens is 445 g/mol. The number of nitrogens with zero attached hydrogens (tertiary/aromatic N) is 3. The lowest BCUT2D eigenvalue weighted by Gasteiger charge is -2.08. The first-order chi connectivity index (χ1) is 14.9. The number of carbonyl (C=O) groups is 2. The highest BCUT2D eigenvalue weighted by molar-refractivity contribution is 7.99. The number of nitrogens with one attached hydrogen (secondary N) is 2. The van der Waals surface area contributed by atoms with Crippen molar-refractivity contribution in [3.63, 3.8) is 0 Å². The SMILES string of the molecule is COc1cccc(NC(=O)Cc2nnc(SCC(=O)Nc3ccc(F)c(Cl)c3)n2C)c1. The molecule has 8 nitrogen and oxygen atoms in total. The molecule has 0 saturated heterocycles. The summed E-state index contributed by atoms with van der Waals surface area (Å²) in [5.41, 5.74) is 1.00. The quantitative estimate of drug-likeness (QED) is 0.496. The first kappa shape index (κ1) is 22.6. The molecule has 2 amide bonds. The number of amides is 2. The third-order valence-electron chi connectivity index (χ3n) is 4.13. The van der Waals surface area contributed by atoms with Crippen LogP contribution in [0.3, 0.4) is 0 Å². The Bertz CT molecular complexity index is 1110. The van der Waals surface area contributed by atoms with E-state index < -0.39 is 5.82 Å². The van der Waals surface area contributed by atoms with E-state index in [-0.39, 0.29) is 29.0 Å². The zero-order chi connectivity index (χ0) is 22.4. The lowest BCUT2D eigenvalue weighted by Crippen LogP contribution is -2.17. The largest absolute Gasteiger partial charge is 0.497 e. The molecule has 3 aromatic rings. The maximum atomic E-state index is 13.2. The van der Waals surface area contributed by atoms with E-state index in [1.54, 1.807) is 43.0 Å². The van der Waals surface area contributed by atoms with E-state index in [4.69, 9.17) is 16.3 Å². The number of hydrogen-bond acceptors (Lipinski definition) is 6. The summed E-state index contributed by atoms with van der Waals surface area (Å²) in [4.78, 5) is 24.5. The van der Waals surface area contributed by atoms with Gasteiger partial charge in [-0.1, -0.05) is 29.4 Å². The van der Waals surface area contributed by atoms with Gasteiger partial charge in [0.15, 0.2) is 5.16 Å². The number of aromatic nitrogens is 3. The molecule has 0 atom stereocenters. The van der Waals surface area contributed by atoms with Gasteiger partial charge in [-0.3, -0.25) is 9.59 Å². The van der Waals surface area contributed by atoms with E-state index in [0.717, 1.165) is 11.8 Å². The van der Waals surface area contributed by atoms with Crippen LogP contribution < -0.4 is 15.4 Å². The van der Waals surface area contributed by atoms with Crippen LogP contribution in [-0.2, 0) is 23.1 Å². The second-order valence-corrected chi connectivity index (χ2v) is 7.73. The predicted octanol–water partition coefficient (Wildman–Crippen LogP) is 3.53. The van der Waals surface area contributed by atoms with Crippen LogP contribution in [0.2, 0.25) is 5.02 Å². The number of carbonyl (C=O) groups excluding carboxylic acids is 2. The molecule has 2 N–H and O–H groups in total. The first-order valence-electron chi connectivity index (χ1n) is 9.05. The van der Waals surface area contributed by atoms with Crippen LogP contribution >= 0.6 is 23.4 Å². The van der Waals surface area contributed by atoms with Crippen molar-refractivity contribution in [3.05, 3.63) is 59.1 Å². The predicted molar refractivity (Wildman–Crippen MR) is 117 cm³/mol. The molecule has 0 bridgehead atoms. The van der Waals surface area contributed by atoms with Gasteiger partial charge in [0.1, 0.15) is 17.4 Å². The average Bonchev–Trinajstić information content (AvgIpc) is 3.08. The number of halogens is 2. The van der Waals surface area contributed by atoms with E-state index in [1.165, 1.54) is 18.2 Å². The van der Waals surface area contributed by atoms with Crippen LogP contribution in [0.15, 0.2) is 47.6 Å². The zero-order valence-corrected chi connectivity index (χ0v) is 18.3. The Labute approximate surface area is 187 Å². The van der Waals surface area contributed by atoms with Gasteiger partial charge in [-0.2, -0.15) is 0 Å². The van der Waals surface area contributed by atoms with Gasteiger partial charge >= 0.3 is 0 Å². The van der Waals surface area contributed by atoms with Crippen LogP contribution in [0.5, 0.6) is 5.75 Å². The van der Waals surface area contributed by atoms with E-state index >= 15 is 0 Å². The highest BCUT2D eigenvalue weighted by atomic mass is 35.5. The molecule has 1 aromatic heterocycles. The monoisotopic (exact) mass is 463 g/mol. The molecule has 0 radical (unpaired) electrons. The average molecular weight is 464 g/mol. The second kappa shape index (κ2) is 10.3. The Morgan fingerprint density at radius 1 is 1.13 bits per heavy atom. The van der Waals surface area contributed by atoms with Crippen molar-refractivity contribution in [2.75, 3.05) is 23.5 Å². The molecule has 0 spiro atoms. The van der Waals surface area contributed by atoms with Crippen molar-refractivity contribution < 1.29 is 18.7 Å². The maximum absolute atomic E-state index is 13.2. The highest BCUT2D eigenvalue weighted by Gasteiger charge is 2.15. The summed E-state index contributed by atoms with van der Waals surface area (Å²) in [7, 11) is 3.27. The molecular formula is C20H19ClFN5O3S. The van der Waals surface area contributed by atoms with Gasteiger partial charge < -0.3 is 19.9 Å². The van der Waals surface area contributed by atoms with Crippen molar-refractivity contribution in [3.8, 4) is 5.75 Å². The van der Waals surface area contributed by atoms with Crippen molar-refractivity contribution in [2.45, 2.75) is 11.6 Å². The van der Waals surface area contributed by atoms with Crippen LogP contribution in [0, 0.1) is 5.82 Å². The van der Waals surface area contributed by atoms with Crippen molar-refractivity contribution in [1.29, 1.82) is 0 Å². The molecule has 0 unspecified atom stereocenters. The van der Waals surface area contributed by atoms with E-state index in [2.05, 4.69) is 20.8 Å². The van der Waals surface area contributed by atoms with Crippen molar-refractivity contribution in [2.24, 2.45) is 7.05 Å². The highest BCUT2D eigenvalue weighted by Crippen LogP contribution is 2.21. The van der Waals surface area contributed by atoms with Crippen LogP contribution in [-0.4, -0.2) is 39.4 Å². The Morgan fingerprint density at radius 2 is 1.87 bits per heavy atom. The van der Waals surface area contributed by atoms with Gasteiger partial charge in [-0.25, -0.2) is 4.39 Å². The number of methoxy groups -OCH3 is 1. The summed E-state index contributed by atoms with van der Waals surface area (Å²) >= 11 is 6.87. The van der Waals surface area contributed by atoms with Crippen molar-refractivity contribution >= 4 is 46.6 Å². The molecule has 2 aromatic carbocycles. The van der Waals surface area contributed by atoms with Crippen LogP contribution in [0.1, 0.15) is 5.82 Å². The molecule has 0 saturated carbocycles. The minimum Gasteiger partial charge on any atom is -0.497 e. The third kappa shape index (κ3) is 6.19. The van der Waals surface area contributed by atoms with Crippen LogP contribution in [0.4, 0.5) is 15.8 Å². The van der Waals surface area contributed by atoms with Gasteiger partial charge in [-0.15, -0.1) is 10.2 Å². The standard InChI is InChI=1S/C20H19ClFN5O3S/c1-27-17(10-18(28)23-12-4-3-5-14(8-12)30-2)25-26-20(27)31-11-19(29)24-13-6-7-16(22)15(21)9-13/h3-9H,10-11H2,1-2H3,(H,23,28)(H,24,29). The maximum Gasteiger partial charge on any atom is 0.234 e. The number of benzene rings is 2. The summed E-state index contributed by atoms with van der Waals surface area (Å²) in [5.74, 6) is 0.0111. The Kier molecular flexibility index (Phi) is 7.48. The number of rotatable bonds is 8. The van der Waals surface area contributed by atoms with Crippen LogP contribution in [0.25, 0.3) is 0 Å². The minimum absolute atomic E-state index is 0.0154. The molecule has 0 aliphatic heterocycles. The molecule has 0 aliphatic rings. The van der Waals surface area contributed by atoms with Gasteiger partial charge in [0.25, 0.3) is 0 Å². The van der Waals surface area contributed by atoms with Gasteiger partial charge in [0, 0.05) is 24.5 Å². The molecule has 31 heavy (non-hydrogen) atoms. The third-order valence-corrected chi connectivity index (χ3v) is 5.44. The molecule has 11 heteroatoms. The molecule has 0 fully saturated rings. The zero-order valence-electron chi connectivity index (χ0n) is 16.7. The summed E-state index contributed by atoms with van der Waals surface area (Å²) in [6.45, 7) is 0. The first-order valence-corrected chi connectivity index (χ1v) is 10.4. The fourth-order valence-electron chi connectivity index (χ4n) is 2.58. The second-order valence-electron chi connectivity index (χ2n) is 6.38. The van der Waals surface area contributed by atoms with Gasteiger partial charge in [0.2, 0.25) is 11.8 Å². The van der Waals surface area contributed by atoms with Crippen molar-refractivity contribution in [1.82, 2.24) is 14.8 Å². The molecule has 1 heterocycles. The Balaban J connectivity index is 1.53. The normalized spacial score (nSPS) is 10.6. The number of anilines is 2. The fourth-order valence-corrected chi connectivity index (χ4v) is 3.49. The van der Waals surface area contributed by atoms with E-state index in [0.29, 0.717) is 28.1 Å². The number of ether oxygens (including phenoxy) is 1. The lowest BCUT2D eigenvalue weighted by molar-refractivity contribution is -0.116. The van der Waals surface area contributed by atoms with Gasteiger partial charge in [-0.05, 0) is 30.3 Å². The number of hydrogen-bond donors (Lipinski definition) is 2. The smallest absolute Gasteiger partial charge is 0.234 e. The summed E-state index contributed by atoms with van der Waals surface area (Å²) < 4.78 is 20.0. The fraction of sp³-hybridized carbons (Fsp3) is 0.200. The molecule has 0 aliphatic carbocycles. The summed E-state index contributed by atoms with van der Waals surface area (Å²) in [6, 6.07) is 11.0. The Morgan fingerprint density at radius 3 is 2.61 bits per heavy atom.